The molecule has 0 saturated heterocycles. The topological polar surface area (TPSA) is 121 Å². The van der Waals surface area contributed by atoms with Gasteiger partial charge in [-0.15, -0.1) is 0 Å². The van der Waals surface area contributed by atoms with Crippen molar-refractivity contribution in [2.45, 2.75) is 13.0 Å². The van der Waals surface area contributed by atoms with Gasteiger partial charge >= 0.3 is 11.9 Å². The van der Waals surface area contributed by atoms with Crippen LogP contribution < -0.4 is 5.73 Å². The monoisotopic (exact) mass is 241 g/mol. The first-order valence-electron chi connectivity index (χ1n) is 4.80. The summed E-state index contributed by atoms with van der Waals surface area (Å²) in [5.41, 5.74) is 7.34. The molecule has 94 valence electrons. The average Bonchev–Trinajstić information content (AvgIpc) is 2.29. The fourth-order valence-corrected chi connectivity index (χ4v) is 1.09. The number of aryl methyl sites for hydroxylation is 1. The van der Waals surface area contributed by atoms with Gasteiger partial charge in [-0.3, -0.25) is 0 Å². The van der Waals surface area contributed by atoms with Crippen molar-refractivity contribution in [1.82, 2.24) is 0 Å². The van der Waals surface area contributed by atoms with Crippen LogP contribution in [0.5, 0.6) is 0 Å². The van der Waals surface area contributed by atoms with Crippen molar-refractivity contribution in [3.05, 3.63) is 35.4 Å². The molecule has 0 radical (unpaired) electrons. The zero-order chi connectivity index (χ0) is 13.4. The lowest BCUT2D eigenvalue weighted by atomic mass is 10.0. The number of aliphatic carboxylic acids is 2. The first-order valence-corrected chi connectivity index (χ1v) is 4.80. The van der Waals surface area contributed by atoms with Crippen LogP contribution in [0, 0.1) is 6.92 Å². The fourth-order valence-electron chi connectivity index (χ4n) is 1.09. The Morgan fingerprint density at radius 2 is 1.71 bits per heavy atom. The van der Waals surface area contributed by atoms with E-state index in [1.54, 1.807) is 0 Å². The predicted octanol–water partition coefficient (Wildman–Crippen LogP) is 0.143. The maximum Gasteiger partial charge on any atom is 0.414 e. The lowest BCUT2D eigenvalue weighted by molar-refractivity contribution is -0.159. The Morgan fingerprint density at radius 1 is 1.24 bits per heavy atom. The maximum absolute atomic E-state index is 9.39. The molecule has 0 saturated carbocycles. The van der Waals surface area contributed by atoms with Crippen molar-refractivity contribution < 1.29 is 24.9 Å². The Morgan fingerprint density at radius 3 is 2.06 bits per heavy atom. The normalized spacial score (nSPS) is 11.0. The first kappa shape index (κ1) is 15.1. The molecule has 1 unspecified atom stereocenters. The van der Waals surface area contributed by atoms with E-state index in [4.69, 9.17) is 25.5 Å². The minimum Gasteiger partial charge on any atom is -0.473 e. The third kappa shape index (κ3) is 5.64. The summed E-state index contributed by atoms with van der Waals surface area (Å²) in [5, 5.41) is 24.2. The van der Waals surface area contributed by atoms with E-state index in [9.17, 15) is 5.11 Å². The third-order valence-corrected chi connectivity index (χ3v) is 1.95. The van der Waals surface area contributed by atoms with Crippen LogP contribution >= 0.6 is 0 Å². The van der Waals surface area contributed by atoms with Crippen molar-refractivity contribution in [1.29, 1.82) is 0 Å². The highest BCUT2D eigenvalue weighted by Crippen LogP contribution is 2.15. The van der Waals surface area contributed by atoms with Crippen LogP contribution in [0.3, 0.4) is 0 Å². The molecule has 0 aliphatic heterocycles. The molecule has 1 rings (SSSR count). The zero-order valence-electron chi connectivity index (χ0n) is 9.33. The molecule has 1 atom stereocenters. The molecule has 0 amide bonds. The van der Waals surface area contributed by atoms with Gasteiger partial charge in [0.1, 0.15) is 0 Å². The van der Waals surface area contributed by atoms with Crippen LogP contribution in [-0.4, -0.2) is 33.8 Å². The van der Waals surface area contributed by atoms with E-state index >= 15 is 0 Å². The number of carboxylic acids is 2. The van der Waals surface area contributed by atoms with E-state index < -0.39 is 18.0 Å². The molecule has 0 aliphatic rings. The van der Waals surface area contributed by atoms with Crippen LogP contribution in [0.1, 0.15) is 17.2 Å². The smallest absolute Gasteiger partial charge is 0.414 e. The van der Waals surface area contributed by atoms with Gasteiger partial charge < -0.3 is 21.1 Å². The summed E-state index contributed by atoms with van der Waals surface area (Å²) in [6.45, 7) is 2.25. The van der Waals surface area contributed by atoms with E-state index in [2.05, 4.69) is 0 Å². The average molecular weight is 241 g/mol. The predicted molar refractivity (Wildman–Crippen MR) is 60.5 cm³/mol. The number of hydrogen-bond donors (Lipinski definition) is 4. The lowest BCUT2D eigenvalue weighted by Gasteiger charge is -2.10. The SMILES string of the molecule is Cc1ccccc1C(O)CN.O=C(O)C(=O)O. The van der Waals surface area contributed by atoms with Gasteiger partial charge in [-0.05, 0) is 18.1 Å². The van der Waals surface area contributed by atoms with Gasteiger partial charge in [0.25, 0.3) is 0 Å². The van der Waals surface area contributed by atoms with Crippen LogP contribution in [0.2, 0.25) is 0 Å². The Labute approximate surface area is 98.3 Å². The quantitative estimate of drug-likeness (QED) is 0.546. The minimum absolute atomic E-state index is 0.283. The summed E-state index contributed by atoms with van der Waals surface area (Å²) in [6.07, 6.45) is -0.517. The number of carbonyl (C=O) groups is 2. The van der Waals surface area contributed by atoms with E-state index in [1.165, 1.54) is 0 Å². The second-order valence-corrected chi connectivity index (χ2v) is 3.22. The second-order valence-electron chi connectivity index (χ2n) is 3.22. The van der Waals surface area contributed by atoms with Crippen molar-refractivity contribution in [3.8, 4) is 0 Å². The second kappa shape index (κ2) is 7.37. The van der Waals surface area contributed by atoms with Gasteiger partial charge in [0.05, 0.1) is 6.10 Å². The zero-order valence-corrected chi connectivity index (χ0v) is 9.33. The molecule has 17 heavy (non-hydrogen) atoms. The Bertz CT molecular complexity index is 379. The van der Waals surface area contributed by atoms with Crippen LogP contribution in [0.25, 0.3) is 0 Å². The minimum atomic E-state index is -1.82. The van der Waals surface area contributed by atoms with Gasteiger partial charge in [-0.2, -0.15) is 0 Å². The summed E-state index contributed by atoms with van der Waals surface area (Å²) < 4.78 is 0. The molecule has 0 bridgehead atoms. The van der Waals surface area contributed by atoms with Gasteiger partial charge in [0, 0.05) is 6.54 Å². The van der Waals surface area contributed by atoms with E-state index in [-0.39, 0.29) is 6.54 Å². The van der Waals surface area contributed by atoms with E-state index in [1.807, 2.05) is 31.2 Å². The lowest BCUT2D eigenvalue weighted by Crippen LogP contribution is -2.12. The molecular weight excluding hydrogens is 226 g/mol. The third-order valence-electron chi connectivity index (χ3n) is 1.95. The van der Waals surface area contributed by atoms with Crippen molar-refractivity contribution in [2.75, 3.05) is 6.54 Å². The van der Waals surface area contributed by atoms with Crippen LogP contribution in [-0.2, 0) is 9.59 Å². The number of carboxylic acid groups (broad SMARTS) is 2. The molecule has 0 fully saturated rings. The fraction of sp³-hybridized carbons (Fsp3) is 0.273. The van der Waals surface area contributed by atoms with Crippen molar-refractivity contribution in [2.24, 2.45) is 5.73 Å². The van der Waals surface area contributed by atoms with E-state index in [0.717, 1.165) is 11.1 Å². The highest BCUT2D eigenvalue weighted by Gasteiger charge is 2.05. The highest BCUT2D eigenvalue weighted by molar-refractivity contribution is 6.27. The van der Waals surface area contributed by atoms with Gasteiger partial charge in [-0.1, -0.05) is 24.3 Å². The molecular formula is C11H15NO5. The molecule has 0 heterocycles. The highest BCUT2D eigenvalue weighted by atomic mass is 16.4. The Kier molecular flexibility index (Phi) is 6.54. The Hall–Kier alpha value is -1.92. The summed E-state index contributed by atoms with van der Waals surface area (Å²) in [5.74, 6) is -3.65. The summed E-state index contributed by atoms with van der Waals surface area (Å²) >= 11 is 0. The first-order chi connectivity index (χ1) is 7.90. The molecule has 1 aromatic rings. The number of aliphatic hydroxyl groups is 1. The molecule has 0 aliphatic carbocycles. The number of aliphatic hydroxyl groups excluding tert-OH is 1. The molecule has 0 aromatic heterocycles. The van der Waals surface area contributed by atoms with Gasteiger partial charge in [-0.25, -0.2) is 9.59 Å². The van der Waals surface area contributed by atoms with Gasteiger partial charge in [0.15, 0.2) is 0 Å². The standard InChI is InChI=1S/C9H13NO.C2H2O4/c1-7-4-2-3-5-8(7)9(11)6-10;3-1(4)2(5)6/h2-5,9,11H,6,10H2,1H3;(H,3,4)(H,5,6). The maximum atomic E-state index is 9.39. The molecule has 6 nitrogen and oxygen atoms in total. The largest absolute Gasteiger partial charge is 0.473 e. The number of benzene rings is 1. The van der Waals surface area contributed by atoms with Crippen LogP contribution in [0.15, 0.2) is 24.3 Å². The number of hydrogen-bond acceptors (Lipinski definition) is 4. The molecule has 1 aromatic carbocycles. The number of nitrogens with two attached hydrogens (primary N) is 1. The van der Waals surface area contributed by atoms with Crippen LogP contribution in [0.4, 0.5) is 0 Å². The van der Waals surface area contributed by atoms with Crippen molar-refractivity contribution >= 4 is 11.9 Å². The Balaban J connectivity index is 0.000000366. The van der Waals surface area contributed by atoms with Gasteiger partial charge in [0.2, 0.25) is 0 Å². The van der Waals surface area contributed by atoms with Crippen molar-refractivity contribution in [3.63, 3.8) is 0 Å². The summed E-state index contributed by atoms with van der Waals surface area (Å²) in [6, 6.07) is 7.71. The molecule has 0 spiro atoms. The number of rotatable bonds is 2. The van der Waals surface area contributed by atoms with E-state index in [0.29, 0.717) is 0 Å². The molecule has 6 heteroatoms. The summed E-state index contributed by atoms with van der Waals surface area (Å²) in [4.78, 5) is 18.2. The summed E-state index contributed by atoms with van der Waals surface area (Å²) in [7, 11) is 0. The molecule has 5 N–H and O–H groups in total.